The number of amides is 1. The largest absolute Gasteiger partial charge is 0.444 e. The summed E-state index contributed by atoms with van der Waals surface area (Å²) in [7, 11) is 0. The minimum Gasteiger partial charge on any atom is -0.444 e. The highest BCUT2D eigenvalue weighted by Crippen LogP contribution is 2.29. The van der Waals surface area contributed by atoms with Crippen LogP contribution in [0.15, 0.2) is 23.6 Å². The van der Waals surface area contributed by atoms with Gasteiger partial charge in [0.15, 0.2) is 0 Å². The Morgan fingerprint density at radius 1 is 1.33 bits per heavy atom. The number of carbonyl (C=O) groups excluding carboxylic acids is 1. The predicted octanol–water partition coefficient (Wildman–Crippen LogP) is 4.56. The van der Waals surface area contributed by atoms with Crippen molar-refractivity contribution in [2.75, 3.05) is 5.32 Å². The van der Waals surface area contributed by atoms with Crippen LogP contribution in [-0.4, -0.2) is 11.7 Å². The van der Waals surface area contributed by atoms with Crippen LogP contribution >= 0.6 is 11.3 Å². The maximum atomic E-state index is 11.8. The number of benzene rings is 1. The number of fused-ring (bicyclic) bond motifs is 1. The minimum absolute atomic E-state index is 0.416. The molecular formula is C14H17NO2S. The number of hydrogen-bond donors (Lipinski definition) is 1. The van der Waals surface area contributed by atoms with E-state index >= 15 is 0 Å². The van der Waals surface area contributed by atoms with Gasteiger partial charge in [-0.25, -0.2) is 4.79 Å². The van der Waals surface area contributed by atoms with Gasteiger partial charge in [-0.2, -0.15) is 0 Å². The first-order valence-corrected chi connectivity index (χ1v) is 6.71. The number of carbonyl (C=O) groups is 1. The molecule has 1 amide bonds. The second kappa shape index (κ2) is 4.61. The molecule has 96 valence electrons. The zero-order chi connectivity index (χ0) is 13.3. The third-order valence-electron chi connectivity index (χ3n) is 2.35. The van der Waals surface area contributed by atoms with Crippen LogP contribution in [0.3, 0.4) is 0 Å². The standard InChI is InChI=1S/C14H17NO2S/c1-9-7-11(10-5-6-18-12(10)8-9)15-13(16)17-14(2,3)4/h5-8H,1-4H3,(H,15,16). The summed E-state index contributed by atoms with van der Waals surface area (Å²) in [5, 5.41) is 5.88. The Balaban J connectivity index is 2.26. The summed E-state index contributed by atoms with van der Waals surface area (Å²) in [6, 6.07) is 6.07. The highest BCUT2D eigenvalue weighted by molar-refractivity contribution is 7.17. The lowest BCUT2D eigenvalue weighted by molar-refractivity contribution is 0.0636. The maximum Gasteiger partial charge on any atom is 0.412 e. The molecule has 3 nitrogen and oxygen atoms in total. The Hall–Kier alpha value is -1.55. The SMILES string of the molecule is Cc1cc(NC(=O)OC(C)(C)C)c2ccsc2c1. The van der Waals surface area contributed by atoms with Gasteiger partial charge >= 0.3 is 6.09 Å². The highest BCUT2D eigenvalue weighted by Gasteiger charge is 2.17. The number of nitrogens with one attached hydrogen (secondary N) is 1. The van der Waals surface area contributed by atoms with Crippen molar-refractivity contribution in [1.82, 2.24) is 0 Å². The van der Waals surface area contributed by atoms with Crippen molar-refractivity contribution in [2.45, 2.75) is 33.3 Å². The van der Waals surface area contributed by atoms with Crippen LogP contribution in [0.25, 0.3) is 10.1 Å². The molecule has 4 heteroatoms. The summed E-state index contributed by atoms with van der Waals surface area (Å²) in [5.74, 6) is 0. The Labute approximate surface area is 111 Å². The Kier molecular flexibility index (Phi) is 3.30. The summed E-state index contributed by atoms with van der Waals surface area (Å²) in [6.07, 6.45) is -0.416. The first kappa shape index (κ1) is 12.9. The van der Waals surface area contributed by atoms with Crippen molar-refractivity contribution in [3.05, 3.63) is 29.1 Å². The van der Waals surface area contributed by atoms with E-state index in [0.29, 0.717) is 0 Å². The number of aryl methyl sites for hydroxylation is 1. The van der Waals surface area contributed by atoms with Crippen LogP contribution in [-0.2, 0) is 4.74 Å². The van der Waals surface area contributed by atoms with Crippen molar-refractivity contribution in [2.24, 2.45) is 0 Å². The molecule has 18 heavy (non-hydrogen) atoms. The van der Waals surface area contributed by atoms with Crippen LogP contribution in [0.5, 0.6) is 0 Å². The van der Waals surface area contributed by atoms with Gasteiger partial charge in [0.1, 0.15) is 5.60 Å². The van der Waals surface area contributed by atoms with Crippen molar-refractivity contribution >= 4 is 33.2 Å². The van der Waals surface area contributed by atoms with Crippen LogP contribution < -0.4 is 5.32 Å². The lowest BCUT2D eigenvalue weighted by Crippen LogP contribution is -2.27. The lowest BCUT2D eigenvalue weighted by atomic mass is 10.1. The van der Waals surface area contributed by atoms with Crippen LogP contribution in [0, 0.1) is 6.92 Å². The van der Waals surface area contributed by atoms with E-state index in [2.05, 4.69) is 11.4 Å². The van der Waals surface area contributed by atoms with E-state index in [-0.39, 0.29) is 0 Å². The quantitative estimate of drug-likeness (QED) is 0.819. The number of hydrogen-bond acceptors (Lipinski definition) is 3. The van der Waals surface area contributed by atoms with E-state index < -0.39 is 11.7 Å². The fourth-order valence-corrected chi connectivity index (χ4v) is 2.64. The van der Waals surface area contributed by atoms with Crippen LogP contribution in [0.2, 0.25) is 0 Å². The highest BCUT2D eigenvalue weighted by atomic mass is 32.1. The number of ether oxygens (including phenoxy) is 1. The second-order valence-corrected chi connectivity index (χ2v) is 6.22. The average molecular weight is 263 g/mol. The first-order valence-electron chi connectivity index (χ1n) is 5.83. The Morgan fingerprint density at radius 2 is 2.06 bits per heavy atom. The van der Waals surface area contributed by atoms with Gasteiger partial charge in [-0.3, -0.25) is 5.32 Å². The maximum absolute atomic E-state index is 11.8. The van der Waals surface area contributed by atoms with Crippen molar-refractivity contribution in [3.8, 4) is 0 Å². The molecule has 0 unspecified atom stereocenters. The smallest absolute Gasteiger partial charge is 0.412 e. The zero-order valence-corrected chi connectivity index (χ0v) is 11.9. The van der Waals surface area contributed by atoms with Gasteiger partial charge in [0, 0.05) is 10.1 Å². The molecule has 1 heterocycles. The second-order valence-electron chi connectivity index (χ2n) is 5.27. The van der Waals surface area contributed by atoms with E-state index in [9.17, 15) is 4.79 Å². The Bertz CT molecular complexity index is 581. The van der Waals surface area contributed by atoms with Crippen molar-refractivity contribution < 1.29 is 9.53 Å². The van der Waals surface area contributed by atoms with E-state index in [0.717, 1.165) is 16.6 Å². The Morgan fingerprint density at radius 3 is 2.72 bits per heavy atom. The molecule has 0 fully saturated rings. The van der Waals surface area contributed by atoms with E-state index in [1.165, 1.54) is 4.70 Å². The molecule has 0 bridgehead atoms. The number of thiophene rings is 1. The average Bonchev–Trinajstić information content (AvgIpc) is 2.61. The third kappa shape index (κ3) is 3.01. The van der Waals surface area contributed by atoms with Crippen molar-refractivity contribution in [1.29, 1.82) is 0 Å². The molecule has 0 atom stereocenters. The minimum atomic E-state index is -0.484. The third-order valence-corrected chi connectivity index (χ3v) is 3.22. The fourth-order valence-electron chi connectivity index (χ4n) is 1.73. The van der Waals surface area contributed by atoms with Gasteiger partial charge in [0.2, 0.25) is 0 Å². The fraction of sp³-hybridized carbons (Fsp3) is 0.357. The van der Waals surface area contributed by atoms with Crippen LogP contribution in [0.1, 0.15) is 26.3 Å². The molecule has 0 aliphatic heterocycles. The van der Waals surface area contributed by atoms with Gasteiger partial charge in [0.25, 0.3) is 0 Å². The molecule has 1 aromatic carbocycles. The first-order chi connectivity index (χ1) is 8.35. The predicted molar refractivity (Wildman–Crippen MR) is 76.4 cm³/mol. The summed E-state index contributed by atoms with van der Waals surface area (Å²) in [6.45, 7) is 7.56. The van der Waals surface area contributed by atoms with E-state index in [1.54, 1.807) is 11.3 Å². The summed E-state index contributed by atoms with van der Waals surface area (Å²) >= 11 is 1.66. The topological polar surface area (TPSA) is 38.3 Å². The molecule has 0 saturated heterocycles. The van der Waals surface area contributed by atoms with Gasteiger partial charge < -0.3 is 4.74 Å². The zero-order valence-electron chi connectivity index (χ0n) is 11.0. The van der Waals surface area contributed by atoms with Gasteiger partial charge in [0.05, 0.1) is 5.69 Å². The molecule has 0 radical (unpaired) electrons. The molecule has 0 aliphatic rings. The van der Waals surface area contributed by atoms with E-state index in [1.807, 2.05) is 45.2 Å². The molecule has 2 aromatic rings. The monoisotopic (exact) mass is 263 g/mol. The van der Waals surface area contributed by atoms with Gasteiger partial charge in [-0.15, -0.1) is 11.3 Å². The molecule has 0 aliphatic carbocycles. The van der Waals surface area contributed by atoms with Crippen molar-refractivity contribution in [3.63, 3.8) is 0 Å². The number of anilines is 1. The van der Waals surface area contributed by atoms with E-state index in [4.69, 9.17) is 4.74 Å². The summed E-state index contributed by atoms with van der Waals surface area (Å²) in [5.41, 5.74) is 1.44. The molecule has 1 aromatic heterocycles. The molecule has 0 spiro atoms. The molecule has 1 N–H and O–H groups in total. The van der Waals surface area contributed by atoms with Crippen LogP contribution in [0.4, 0.5) is 10.5 Å². The summed E-state index contributed by atoms with van der Waals surface area (Å²) in [4.78, 5) is 11.8. The molecule has 0 saturated carbocycles. The lowest BCUT2D eigenvalue weighted by Gasteiger charge is -2.20. The molecule has 2 rings (SSSR count). The molecular weight excluding hydrogens is 246 g/mol. The van der Waals surface area contributed by atoms with Gasteiger partial charge in [-0.05, 0) is 56.8 Å². The normalized spacial score (nSPS) is 11.6. The summed E-state index contributed by atoms with van der Waals surface area (Å²) < 4.78 is 6.43. The number of rotatable bonds is 1. The van der Waals surface area contributed by atoms with Gasteiger partial charge in [-0.1, -0.05) is 0 Å².